The van der Waals surface area contributed by atoms with Gasteiger partial charge in [0.1, 0.15) is 18.1 Å². The van der Waals surface area contributed by atoms with Gasteiger partial charge in [-0.05, 0) is 35.7 Å². The largest absolute Gasteiger partial charge is 0.496 e. The number of nitrogens with zero attached hydrogens (tertiary/aromatic N) is 3. The van der Waals surface area contributed by atoms with E-state index < -0.39 is 11.7 Å². The maximum absolute atomic E-state index is 13.7. The molecular formula is C26H26FN3O4S. The number of halogens is 1. The number of hydrogen-bond donors (Lipinski definition) is 0. The maximum Gasteiger partial charge on any atom is 0.262 e. The van der Waals surface area contributed by atoms with Gasteiger partial charge in [-0.2, -0.15) is 5.10 Å². The van der Waals surface area contributed by atoms with Gasteiger partial charge in [-0.1, -0.05) is 30.3 Å². The quantitative estimate of drug-likeness (QED) is 0.442. The van der Waals surface area contributed by atoms with Gasteiger partial charge in [0.15, 0.2) is 0 Å². The monoisotopic (exact) mass is 495 g/mol. The predicted octanol–water partition coefficient (Wildman–Crippen LogP) is 4.36. The molecule has 182 valence electrons. The SMILES string of the molecule is COCCN(CC(=O)N1N=C(c2cccs2)C[C@H]1c1ccccc1OC)C(=O)c1cccc(F)c1. The molecule has 0 N–H and O–H groups in total. The molecule has 1 aliphatic rings. The highest BCUT2D eigenvalue weighted by atomic mass is 32.1. The lowest BCUT2D eigenvalue weighted by Gasteiger charge is -2.27. The van der Waals surface area contributed by atoms with Crippen LogP contribution in [0, 0.1) is 5.82 Å². The molecule has 2 aromatic carbocycles. The van der Waals surface area contributed by atoms with E-state index in [-0.39, 0.29) is 37.2 Å². The van der Waals surface area contributed by atoms with E-state index in [0.29, 0.717) is 12.2 Å². The molecule has 2 amide bonds. The Morgan fingerprint density at radius 3 is 2.69 bits per heavy atom. The molecule has 0 fully saturated rings. The van der Waals surface area contributed by atoms with Crippen LogP contribution in [-0.4, -0.2) is 61.4 Å². The Labute approximate surface area is 207 Å². The first kappa shape index (κ1) is 24.6. The van der Waals surface area contributed by atoms with Crippen LogP contribution in [0.1, 0.15) is 33.3 Å². The van der Waals surface area contributed by atoms with E-state index in [2.05, 4.69) is 5.10 Å². The molecule has 9 heteroatoms. The normalized spacial score (nSPS) is 15.1. The minimum Gasteiger partial charge on any atom is -0.496 e. The average Bonchev–Trinajstić information content (AvgIpc) is 3.56. The number of para-hydroxylation sites is 1. The summed E-state index contributed by atoms with van der Waals surface area (Å²) in [4.78, 5) is 29.1. The van der Waals surface area contributed by atoms with Crippen molar-refractivity contribution in [3.05, 3.63) is 87.9 Å². The Morgan fingerprint density at radius 1 is 1.14 bits per heavy atom. The third-order valence-electron chi connectivity index (χ3n) is 5.72. The molecule has 3 aromatic rings. The summed E-state index contributed by atoms with van der Waals surface area (Å²) in [6.45, 7) is 0.172. The Morgan fingerprint density at radius 2 is 1.97 bits per heavy atom. The van der Waals surface area contributed by atoms with Gasteiger partial charge in [-0.15, -0.1) is 11.3 Å². The van der Waals surface area contributed by atoms with Crippen molar-refractivity contribution in [1.82, 2.24) is 9.91 Å². The highest BCUT2D eigenvalue weighted by Crippen LogP contribution is 2.38. The molecule has 0 aliphatic carbocycles. The fourth-order valence-electron chi connectivity index (χ4n) is 4.01. The van der Waals surface area contributed by atoms with Gasteiger partial charge in [-0.25, -0.2) is 9.40 Å². The van der Waals surface area contributed by atoms with E-state index in [0.717, 1.165) is 22.2 Å². The van der Waals surface area contributed by atoms with Crippen molar-refractivity contribution in [2.24, 2.45) is 5.10 Å². The molecule has 0 bridgehead atoms. The smallest absolute Gasteiger partial charge is 0.262 e. The number of hydrazone groups is 1. The highest BCUT2D eigenvalue weighted by Gasteiger charge is 2.36. The second-order valence-electron chi connectivity index (χ2n) is 7.95. The number of methoxy groups -OCH3 is 2. The molecule has 2 heterocycles. The van der Waals surface area contributed by atoms with Crippen molar-refractivity contribution in [3.63, 3.8) is 0 Å². The molecule has 1 atom stereocenters. The Bertz CT molecular complexity index is 1210. The number of amides is 2. The van der Waals surface area contributed by atoms with Crippen LogP contribution in [0.2, 0.25) is 0 Å². The van der Waals surface area contributed by atoms with E-state index in [4.69, 9.17) is 9.47 Å². The summed E-state index contributed by atoms with van der Waals surface area (Å²) in [5.74, 6) is -0.668. The fourth-order valence-corrected chi connectivity index (χ4v) is 4.73. The lowest BCUT2D eigenvalue weighted by Crippen LogP contribution is -2.42. The Kier molecular flexibility index (Phi) is 7.89. The van der Waals surface area contributed by atoms with Crippen LogP contribution >= 0.6 is 11.3 Å². The van der Waals surface area contributed by atoms with Gasteiger partial charge >= 0.3 is 0 Å². The summed E-state index contributed by atoms with van der Waals surface area (Å²) in [5, 5.41) is 8.07. The third kappa shape index (κ3) is 5.58. The van der Waals surface area contributed by atoms with Crippen molar-refractivity contribution >= 4 is 28.9 Å². The van der Waals surface area contributed by atoms with E-state index in [1.807, 2.05) is 41.8 Å². The molecule has 1 aliphatic heterocycles. The number of carbonyl (C=O) groups is 2. The lowest BCUT2D eigenvalue weighted by atomic mass is 10.00. The van der Waals surface area contributed by atoms with Crippen LogP contribution < -0.4 is 4.74 Å². The zero-order valence-corrected chi connectivity index (χ0v) is 20.3. The van der Waals surface area contributed by atoms with Crippen molar-refractivity contribution in [2.45, 2.75) is 12.5 Å². The minimum atomic E-state index is -0.519. The second-order valence-corrected chi connectivity index (χ2v) is 8.90. The third-order valence-corrected chi connectivity index (χ3v) is 6.64. The number of carbonyl (C=O) groups excluding carboxylic acids is 2. The summed E-state index contributed by atoms with van der Waals surface area (Å²) in [7, 11) is 3.10. The first-order chi connectivity index (χ1) is 17.0. The molecule has 35 heavy (non-hydrogen) atoms. The minimum absolute atomic E-state index is 0.166. The summed E-state index contributed by atoms with van der Waals surface area (Å²) >= 11 is 1.55. The topological polar surface area (TPSA) is 71.4 Å². The van der Waals surface area contributed by atoms with E-state index in [9.17, 15) is 14.0 Å². The van der Waals surface area contributed by atoms with Gasteiger partial charge in [0.25, 0.3) is 11.8 Å². The van der Waals surface area contributed by atoms with Gasteiger partial charge in [0, 0.05) is 31.2 Å². The first-order valence-corrected chi connectivity index (χ1v) is 12.0. The van der Waals surface area contributed by atoms with Gasteiger partial charge in [0.05, 0.1) is 30.3 Å². The van der Waals surface area contributed by atoms with Crippen molar-refractivity contribution in [2.75, 3.05) is 33.9 Å². The molecule has 7 nitrogen and oxygen atoms in total. The lowest BCUT2D eigenvalue weighted by molar-refractivity contribution is -0.133. The van der Waals surface area contributed by atoms with Crippen molar-refractivity contribution in [3.8, 4) is 5.75 Å². The molecular weight excluding hydrogens is 469 g/mol. The summed E-state index contributed by atoms with van der Waals surface area (Å²) in [6.07, 6.45) is 0.516. The summed E-state index contributed by atoms with van der Waals surface area (Å²) in [5.41, 5.74) is 1.79. The molecule has 0 unspecified atom stereocenters. The second kappa shape index (κ2) is 11.2. The molecule has 4 rings (SSSR count). The molecule has 1 aromatic heterocycles. The van der Waals surface area contributed by atoms with Crippen LogP contribution in [0.4, 0.5) is 4.39 Å². The zero-order chi connectivity index (χ0) is 24.8. The number of hydrogen-bond acceptors (Lipinski definition) is 6. The number of rotatable bonds is 9. The fraction of sp³-hybridized carbons (Fsp3) is 0.269. The highest BCUT2D eigenvalue weighted by molar-refractivity contribution is 7.12. The van der Waals surface area contributed by atoms with Crippen molar-refractivity contribution < 1.29 is 23.5 Å². The molecule has 0 saturated heterocycles. The zero-order valence-electron chi connectivity index (χ0n) is 19.5. The predicted molar refractivity (Wildman–Crippen MR) is 132 cm³/mol. The van der Waals surface area contributed by atoms with Gasteiger partial charge in [-0.3, -0.25) is 9.59 Å². The summed E-state index contributed by atoms with van der Waals surface area (Å²) in [6, 6.07) is 16.5. The standard InChI is InChI=1S/C26H26FN3O4S/c1-33-13-12-29(26(32)18-7-5-8-19(27)15-18)17-25(31)30-22(20-9-3-4-10-23(20)34-2)16-21(28-30)24-11-6-14-35-24/h3-11,14-15,22H,12-13,16-17H2,1-2H3/t22-/m0/s1. The Balaban J connectivity index is 1.63. The number of thiophene rings is 1. The van der Waals surface area contributed by atoms with Gasteiger partial charge < -0.3 is 14.4 Å². The summed E-state index contributed by atoms with van der Waals surface area (Å²) < 4.78 is 24.4. The van der Waals surface area contributed by atoms with Crippen LogP contribution in [0.5, 0.6) is 5.75 Å². The van der Waals surface area contributed by atoms with Crippen LogP contribution in [0.25, 0.3) is 0 Å². The van der Waals surface area contributed by atoms with E-state index in [1.54, 1.807) is 18.4 Å². The van der Waals surface area contributed by atoms with Gasteiger partial charge in [0.2, 0.25) is 0 Å². The van der Waals surface area contributed by atoms with Crippen LogP contribution in [0.15, 0.2) is 71.1 Å². The van der Waals surface area contributed by atoms with Crippen LogP contribution in [-0.2, 0) is 9.53 Å². The van der Waals surface area contributed by atoms with Crippen molar-refractivity contribution in [1.29, 1.82) is 0 Å². The first-order valence-electron chi connectivity index (χ1n) is 11.1. The maximum atomic E-state index is 13.7. The van der Waals surface area contributed by atoms with Crippen LogP contribution in [0.3, 0.4) is 0 Å². The molecule has 0 spiro atoms. The number of benzene rings is 2. The average molecular weight is 496 g/mol. The molecule has 0 radical (unpaired) electrons. The molecule has 0 saturated carbocycles. The Hall–Kier alpha value is -3.56. The number of ether oxygens (including phenoxy) is 2. The van der Waals surface area contributed by atoms with E-state index in [1.165, 1.54) is 35.2 Å². The van der Waals surface area contributed by atoms with E-state index >= 15 is 0 Å².